The Labute approximate surface area is 165 Å². The first-order valence-corrected chi connectivity index (χ1v) is 9.62. The van der Waals surface area contributed by atoms with Crippen LogP contribution in [-0.2, 0) is 18.0 Å². The van der Waals surface area contributed by atoms with Gasteiger partial charge in [-0.1, -0.05) is 30.0 Å². The quantitative estimate of drug-likeness (QED) is 0.563. The first-order valence-electron chi connectivity index (χ1n) is 8.63. The van der Waals surface area contributed by atoms with Gasteiger partial charge >= 0.3 is 0 Å². The van der Waals surface area contributed by atoms with Crippen LogP contribution in [0.25, 0.3) is 11.5 Å². The van der Waals surface area contributed by atoms with E-state index < -0.39 is 12.5 Å². The Hall–Kier alpha value is -2.81. The molecule has 1 amide bonds. The fourth-order valence-electron chi connectivity index (χ4n) is 2.59. The zero-order valence-electron chi connectivity index (χ0n) is 15.5. The third kappa shape index (κ3) is 4.19. The number of halogens is 2. The zero-order chi connectivity index (χ0) is 20.1. The SMILES string of the molecule is CCn1c(SCC(=O)N(C)c2ccccc2)nnc1-c1ncc(CF)cc1F. The van der Waals surface area contributed by atoms with E-state index in [4.69, 9.17) is 0 Å². The highest BCUT2D eigenvalue weighted by molar-refractivity contribution is 7.99. The second kappa shape index (κ2) is 8.92. The van der Waals surface area contributed by atoms with Crippen molar-refractivity contribution in [3.05, 3.63) is 54.0 Å². The average Bonchev–Trinajstić information content (AvgIpc) is 3.14. The Morgan fingerprint density at radius 3 is 2.64 bits per heavy atom. The number of hydrogen-bond acceptors (Lipinski definition) is 5. The third-order valence-corrected chi connectivity index (χ3v) is 5.09. The smallest absolute Gasteiger partial charge is 0.237 e. The van der Waals surface area contributed by atoms with Gasteiger partial charge in [0.2, 0.25) is 5.91 Å². The first kappa shape index (κ1) is 19.9. The molecule has 0 spiro atoms. The molecule has 0 fully saturated rings. The molecule has 146 valence electrons. The van der Waals surface area contributed by atoms with E-state index in [1.54, 1.807) is 16.5 Å². The molecule has 0 radical (unpaired) electrons. The number of nitrogens with zero attached hydrogens (tertiary/aromatic N) is 5. The third-order valence-electron chi connectivity index (χ3n) is 4.14. The van der Waals surface area contributed by atoms with Gasteiger partial charge in [-0.3, -0.25) is 4.79 Å². The number of benzene rings is 1. The van der Waals surface area contributed by atoms with Gasteiger partial charge in [0.05, 0.1) is 5.75 Å². The number of aromatic nitrogens is 4. The molecule has 9 heteroatoms. The molecule has 0 aliphatic rings. The van der Waals surface area contributed by atoms with Crippen LogP contribution >= 0.6 is 11.8 Å². The van der Waals surface area contributed by atoms with E-state index in [2.05, 4.69) is 15.2 Å². The van der Waals surface area contributed by atoms with Crippen molar-refractivity contribution in [2.75, 3.05) is 17.7 Å². The summed E-state index contributed by atoms with van der Waals surface area (Å²) in [6.45, 7) is 1.55. The van der Waals surface area contributed by atoms with Crippen molar-refractivity contribution in [3.8, 4) is 11.5 Å². The number of pyridine rings is 1. The van der Waals surface area contributed by atoms with E-state index in [0.29, 0.717) is 11.7 Å². The van der Waals surface area contributed by atoms with Gasteiger partial charge in [-0.2, -0.15) is 0 Å². The number of thioether (sulfide) groups is 1. The molecular formula is C19H19F2N5OS. The van der Waals surface area contributed by atoms with E-state index in [9.17, 15) is 13.6 Å². The van der Waals surface area contributed by atoms with Crippen LogP contribution in [0.15, 0.2) is 47.8 Å². The molecule has 0 aliphatic heterocycles. The highest BCUT2D eigenvalue weighted by Gasteiger charge is 2.20. The molecule has 6 nitrogen and oxygen atoms in total. The van der Waals surface area contributed by atoms with Crippen LogP contribution in [0.1, 0.15) is 12.5 Å². The molecule has 0 atom stereocenters. The van der Waals surface area contributed by atoms with Gasteiger partial charge in [0.1, 0.15) is 12.4 Å². The van der Waals surface area contributed by atoms with Crippen molar-refractivity contribution in [2.45, 2.75) is 25.3 Å². The summed E-state index contributed by atoms with van der Waals surface area (Å²) in [5, 5.41) is 8.59. The van der Waals surface area contributed by atoms with Crippen molar-refractivity contribution < 1.29 is 13.6 Å². The minimum absolute atomic E-state index is 0.00568. The summed E-state index contributed by atoms with van der Waals surface area (Å²) < 4.78 is 28.6. The number of rotatable bonds is 7. The topological polar surface area (TPSA) is 63.9 Å². The number of para-hydroxylation sites is 1. The lowest BCUT2D eigenvalue weighted by Gasteiger charge is -2.16. The van der Waals surface area contributed by atoms with Crippen molar-refractivity contribution in [3.63, 3.8) is 0 Å². The lowest BCUT2D eigenvalue weighted by Crippen LogP contribution is -2.27. The standard InChI is InChI=1S/C19H19F2N5OS/c1-3-26-18(17-15(21)9-13(10-20)11-22-17)23-24-19(26)28-12-16(27)25(2)14-7-5-4-6-8-14/h4-9,11H,3,10,12H2,1-2H3. The Morgan fingerprint density at radius 1 is 1.25 bits per heavy atom. The molecule has 0 bridgehead atoms. The summed E-state index contributed by atoms with van der Waals surface area (Å²) >= 11 is 1.22. The predicted octanol–water partition coefficient (Wildman–Crippen LogP) is 3.72. The number of amides is 1. The second-order valence-electron chi connectivity index (χ2n) is 5.94. The van der Waals surface area contributed by atoms with Crippen LogP contribution in [0, 0.1) is 5.82 Å². The maximum absolute atomic E-state index is 14.3. The number of carbonyl (C=O) groups is 1. The molecule has 28 heavy (non-hydrogen) atoms. The van der Waals surface area contributed by atoms with Gasteiger partial charge in [-0.15, -0.1) is 10.2 Å². The molecule has 0 saturated carbocycles. The number of alkyl halides is 1. The summed E-state index contributed by atoms with van der Waals surface area (Å²) in [4.78, 5) is 18.0. The highest BCUT2D eigenvalue weighted by atomic mass is 32.2. The summed E-state index contributed by atoms with van der Waals surface area (Å²) in [6.07, 6.45) is 1.28. The van der Waals surface area contributed by atoms with Crippen molar-refractivity contribution in [1.29, 1.82) is 0 Å². The van der Waals surface area contributed by atoms with E-state index >= 15 is 0 Å². The van der Waals surface area contributed by atoms with Crippen LogP contribution in [-0.4, -0.2) is 38.5 Å². The number of carbonyl (C=O) groups excluding carboxylic acids is 1. The van der Waals surface area contributed by atoms with Gasteiger partial charge < -0.3 is 9.47 Å². The Morgan fingerprint density at radius 2 is 2.00 bits per heavy atom. The number of hydrogen-bond donors (Lipinski definition) is 0. The Balaban J connectivity index is 1.76. The van der Waals surface area contributed by atoms with Crippen molar-refractivity contribution in [2.24, 2.45) is 0 Å². The normalized spacial score (nSPS) is 10.9. The average molecular weight is 403 g/mol. The predicted molar refractivity (Wildman–Crippen MR) is 104 cm³/mol. The lowest BCUT2D eigenvalue weighted by atomic mass is 10.2. The van der Waals surface area contributed by atoms with Gasteiger partial charge in [0, 0.05) is 31.0 Å². The van der Waals surface area contributed by atoms with Crippen LogP contribution in [0.4, 0.5) is 14.5 Å². The Bertz CT molecular complexity index is 964. The summed E-state index contributed by atoms with van der Waals surface area (Å²) in [6, 6.07) is 10.4. The summed E-state index contributed by atoms with van der Waals surface area (Å²) in [5.41, 5.74) is 0.962. The van der Waals surface area contributed by atoms with E-state index in [1.807, 2.05) is 37.3 Å². The minimum atomic E-state index is -0.789. The molecule has 0 aliphatic carbocycles. The maximum atomic E-state index is 14.3. The molecule has 3 aromatic rings. The monoisotopic (exact) mass is 403 g/mol. The maximum Gasteiger partial charge on any atom is 0.237 e. The fraction of sp³-hybridized carbons (Fsp3) is 0.263. The van der Waals surface area contributed by atoms with Gasteiger partial charge in [-0.05, 0) is 25.1 Å². The molecule has 0 unspecified atom stereocenters. The van der Waals surface area contributed by atoms with Crippen LogP contribution in [0.5, 0.6) is 0 Å². The first-order chi connectivity index (χ1) is 13.5. The van der Waals surface area contributed by atoms with Gasteiger partial charge in [-0.25, -0.2) is 13.8 Å². The molecule has 3 rings (SSSR count). The van der Waals surface area contributed by atoms with E-state index in [1.165, 1.54) is 18.0 Å². The molecule has 0 saturated heterocycles. The molecule has 1 aromatic carbocycles. The van der Waals surface area contributed by atoms with Crippen LogP contribution in [0.3, 0.4) is 0 Å². The molecule has 2 heterocycles. The van der Waals surface area contributed by atoms with E-state index in [0.717, 1.165) is 11.8 Å². The van der Waals surface area contributed by atoms with Crippen molar-refractivity contribution in [1.82, 2.24) is 19.7 Å². The molecule has 0 N–H and O–H groups in total. The Kier molecular flexibility index (Phi) is 6.35. The highest BCUT2D eigenvalue weighted by Crippen LogP contribution is 2.25. The summed E-state index contributed by atoms with van der Waals surface area (Å²) in [7, 11) is 1.71. The van der Waals surface area contributed by atoms with E-state index in [-0.39, 0.29) is 28.7 Å². The number of anilines is 1. The van der Waals surface area contributed by atoms with Gasteiger partial charge in [0.15, 0.2) is 16.8 Å². The van der Waals surface area contributed by atoms with Crippen LogP contribution < -0.4 is 4.90 Å². The second-order valence-corrected chi connectivity index (χ2v) is 6.88. The lowest BCUT2D eigenvalue weighted by molar-refractivity contribution is -0.115. The van der Waals surface area contributed by atoms with Crippen molar-refractivity contribution >= 4 is 23.4 Å². The summed E-state index contributed by atoms with van der Waals surface area (Å²) in [5.74, 6) is -0.356. The largest absolute Gasteiger partial charge is 0.315 e. The zero-order valence-corrected chi connectivity index (χ0v) is 16.3. The fourth-order valence-corrected chi connectivity index (χ4v) is 3.51. The minimum Gasteiger partial charge on any atom is -0.315 e. The molecular weight excluding hydrogens is 384 g/mol. The van der Waals surface area contributed by atoms with Gasteiger partial charge in [0.25, 0.3) is 0 Å². The molecule has 2 aromatic heterocycles. The van der Waals surface area contributed by atoms with Crippen LogP contribution in [0.2, 0.25) is 0 Å².